The Morgan fingerprint density at radius 3 is 2.63 bits per heavy atom. The SMILES string of the molecule is CC(NC(=O)COC(=O)CCCc1nc2ccccc2s1)c1ccccc1. The van der Waals surface area contributed by atoms with Gasteiger partial charge in [-0.3, -0.25) is 9.59 Å². The van der Waals surface area contributed by atoms with Crippen LogP contribution in [0.15, 0.2) is 54.6 Å². The number of fused-ring (bicyclic) bond motifs is 1. The van der Waals surface area contributed by atoms with Gasteiger partial charge in [0.15, 0.2) is 6.61 Å². The summed E-state index contributed by atoms with van der Waals surface area (Å²) in [5.74, 6) is -0.662. The van der Waals surface area contributed by atoms with Gasteiger partial charge in [-0.2, -0.15) is 0 Å². The van der Waals surface area contributed by atoms with E-state index in [1.165, 1.54) is 0 Å². The summed E-state index contributed by atoms with van der Waals surface area (Å²) < 4.78 is 6.22. The zero-order chi connectivity index (χ0) is 19.1. The normalized spacial score (nSPS) is 11.9. The standard InChI is InChI=1S/C21H22N2O3S/c1-15(16-8-3-2-4-9-16)22-19(24)14-26-21(25)13-7-12-20-23-17-10-5-6-11-18(17)27-20/h2-6,8-11,15H,7,12-14H2,1H3,(H,22,24). The van der Waals surface area contributed by atoms with Crippen molar-refractivity contribution in [3.8, 4) is 0 Å². The Bertz CT molecular complexity index is 875. The third kappa shape index (κ3) is 5.62. The van der Waals surface area contributed by atoms with Gasteiger partial charge in [-0.05, 0) is 37.5 Å². The van der Waals surface area contributed by atoms with Gasteiger partial charge in [-0.15, -0.1) is 11.3 Å². The number of benzene rings is 2. The first-order valence-electron chi connectivity index (χ1n) is 8.96. The number of hydrogen-bond acceptors (Lipinski definition) is 5. The summed E-state index contributed by atoms with van der Waals surface area (Å²) in [5.41, 5.74) is 2.00. The van der Waals surface area contributed by atoms with E-state index >= 15 is 0 Å². The first kappa shape index (κ1) is 19.0. The highest BCUT2D eigenvalue weighted by molar-refractivity contribution is 7.18. The van der Waals surface area contributed by atoms with Crippen LogP contribution >= 0.6 is 11.3 Å². The number of para-hydroxylation sites is 1. The molecule has 2 aromatic carbocycles. The number of aryl methyl sites for hydroxylation is 1. The van der Waals surface area contributed by atoms with Crippen LogP contribution in [0.3, 0.4) is 0 Å². The minimum atomic E-state index is -0.362. The molecule has 1 amide bonds. The van der Waals surface area contributed by atoms with Crippen LogP contribution in [0.4, 0.5) is 0 Å². The highest BCUT2D eigenvalue weighted by Gasteiger charge is 2.12. The molecule has 27 heavy (non-hydrogen) atoms. The molecule has 1 aromatic heterocycles. The third-order valence-corrected chi connectivity index (χ3v) is 5.25. The molecule has 6 heteroatoms. The van der Waals surface area contributed by atoms with Crippen LogP contribution in [0.1, 0.15) is 36.4 Å². The van der Waals surface area contributed by atoms with Crippen molar-refractivity contribution in [2.75, 3.05) is 6.61 Å². The molecule has 0 aliphatic heterocycles. The van der Waals surface area contributed by atoms with Crippen LogP contribution in [0.2, 0.25) is 0 Å². The van der Waals surface area contributed by atoms with Gasteiger partial charge in [-0.1, -0.05) is 42.5 Å². The molecule has 3 aromatic rings. The van der Waals surface area contributed by atoms with Gasteiger partial charge in [0.05, 0.1) is 21.3 Å². The Labute approximate surface area is 162 Å². The number of nitrogens with zero attached hydrogens (tertiary/aromatic N) is 1. The fraction of sp³-hybridized carbons (Fsp3) is 0.286. The highest BCUT2D eigenvalue weighted by atomic mass is 32.1. The van der Waals surface area contributed by atoms with Crippen LogP contribution in [0.5, 0.6) is 0 Å². The number of nitrogens with one attached hydrogen (secondary N) is 1. The lowest BCUT2D eigenvalue weighted by Gasteiger charge is -2.14. The minimum Gasteiger partial charge on any atom is -0.456 e. The number of amides is 1. The molecule has 1 unspecified atom stereocenters. The molecule has 0 saturated heterocycles. The molecule has 0 aliphatic rings. The van der Waals surface area contributed by atoms with Crippen molar-refractivity contribution in [3.63, 3.8) is 0 Å². The lowest BCUT2D eigenvalue weighted by molar-refractivity contribution is -0.148. The summed E-state index contributed by atoms with van der Waals surface area (Å²) in [6.45, 7) is 1.64. The van der Waals surface area contributed by atoms with Gasteiger partial charge in [0, 0.05) is 6.42 Å². The first-order valence-corrected chi connectivity index (χ1v) is 9.78. The van der Waals surface area contributed by atoms with Crippen LogP contribution < -0.4 is 5.32 Å². The summed E-state index contributed by atoms with van der Waals surface area (Å²) in [4.78, 5) is 28.3. The molecule has 0 bridgehead atoms. The smallest absolute Gasteiger partial charge is 0.306 e. The zero-order valence-corrected chi connectivity index (χ0v) is 16.0. The molecule has 1 heterocycles. The molecule has 0 fully saturated rings. The lowest BCUT2D eigenvalue weighted by Crippen LogP contribution is -2.31. The van der Waals surface area contributed by atoms with Crippen molar-refractivity contribution in [2.45, 2.75) is 32.2 Å². The molecule has 140 valence electrons. The second-order valence-electron chi connectivity index (χ2n) is 6.29. The Morgan fingerprint density at radius 1 is 1.11 bits per heavy atom. The molecule has 5 nitrogen and oxygen atoms in total. The molecule has 0 aliphatic carbocycles. The van der Waals surface area contributed by atoms with E-state index in [9.17, 15) is 9.59 Å². The maximum absolute atomic E-state index is 11.9. The Morgan fingerprint density at radius 2 is 1.85 bits per heavy atom. The predicted octanol–water partition coefficient (Wildman–Crippen LogP) is 4.04. The summed E-state index contributed by atoms with van der Waals surface area (Å²) in [6, 6.07) is 17.5. The van der Waals surface area contributed by atoms with Crippen LogP contribution in [-0.4, -0.2) is 23.5 Å². The van der Waals surface area contributed by atoms with Crippen molar-refractivity contribution in [1.82, 2.24) is 10.3 Å². The van der Waals surface area contributed by atoms with Gasteiger partial charge < -0.3 is 10.1 Å². The second-order valence-corrected chi connectivity index (χ2v) is 7.40. The number of rotatable bonds is 8. The second kappa shape index (κ2) is 9.28. The largest absolute Gasteiger partial charge is 0.456 e. The van der Waals surface area contributed by atoms with Crippen molar-refractivity contribution >= 4 is 33.4 Å². The molecule has 0 spiro atoms. The summed E-state index contributed by atoms with van der Waals surface area (Å²) >= 11 is 1.64. The van der Waals surface area contributed by atoms with E-state index < -0.39 is 0 Å². The maximum atomic E-state index is 11.9. The lowest BCUT2D eigenvalue weighted by atomic mass is 10.1. The van der Waals surface area contributed by atoms with Gasteiger partial charge >= 0.3 is 5.97 Å². The van der Waals surface area contributed by atoms with Crippen LogP contribution in [-0.2, 0) is 20.7 Å². The average molecular weight is 382 g/mol. The van der Waals surface area contributed by atoms with Gasteiger partial charge in [0.25, 0.3) is 5.91 Å². The third-order valence-electron chi connectivity index (χ3n) is 4.15. The van der Waals surface area contributed by atoms with Crippen molar-refractivity contribution in [3.05, 3.63) is 65.2 Å². The van der Waals surface area contributed by atoms with Gasteiger partial charge in [0.2, 0.25) is 0 Å². The summed E-state index contributed by atoms with van der Waals surface area (Å²) in [6.07, 6.45) is 1.66. The first-order chi connectivity index (χ1) is 13.1. The number of hydrogen-bond donors (Lipinski definition) is 1. The molecule has 3 rings (SSSR count). The highest BCUT2D eigenvalue weighted by Crippen LogP contribution is 2.22. The average Bonchev–Trinajstić information content (AvgIpc) is 3.10. The number of esters is 1. The van der Waals surface area contributed by atoms with Crippen LogP contribution in [0, 0.1) is 0 Å². The molecular formula is C21H22N2O3S. The number of carbonyl (C=O) groups excluding carboxylic acids is 2. The summed E-state index contributed by atoms with van der Waals surface area (Å²) in [7, 11) is 0. The summed E-state index contributed by atoms with van der Waals surface area (Å²) in [5, 5.41) is 3.84. The van der Waals surface area contributed by atoms with Gasteiger partial charge in [0.1, 0.15) is 0 Å². The Balaban J connectivity index is 1.36. The van der Waals surface area contributed by atoms with E-state index in [2.05, 4.69) is 10.3 Å². The zero-order valence-electron chi connectivity index (χ0n) is 15.2. The van der Waals surface area contributed by atoms with E-state index in [0.29, 0.717) is 6.42 Å². The van der Waals surface area contributed by atoms with E-state index in [4.69, 9.17) is 4.74 Å². The Kier molecular flexibility index (Phi) is 6.54. The number of thiazole rings is 1. The monoisotopic (exact) mass is 382 g/mol. The molecule has 0 saturated carbocycles. The van der Waals surface area contributed by atoms with Crippen molar-refractivity contribution in [2.24, 2.45) is 0 Å². The Hall–Kier alpha value is -2.73. The molecule has 1 atom stereocenters. The minimum absolute atomic E-state index is 0.128. The fourth-order valence-electron chi connectivity index (χ4n) is 2.74. The number of ether oxygens (including phenoxy) is 1. The van der Waals surface area contributed by atoms with Gasteiger partial charge in [-0.25, -0.2) is 4.98 Å². The van der Waals surface area contributed by atoms with Crippen LogP contribution in [0.25, 0.3) is 10.2 Å². The topological polar surface area (TPSA) is 68.3 Å². The number of aromatic nitrogens is 1. The van der Waals surface area contributed by atoms with Crippen molar-refractivity contribution < 1.29 is 14.3 Å². The van der Waals surface area contributed by atoms with E-state index in [-0.39, 0.29) is 30.9 Å². The quantitative estimate of drug-likeness (QED) is 0.597. The molecule has 0 radical (unpaired) electrons. The predicted molar refractivity (Wildman–Crippen MR) is 107 cm³/mol. The maximum Gasteiger partial charge on any atom is 0.306 e. The van der Waals surface area contributed by atoms with Crippen molar-refractivity contribution in [1.29, 1.82) is 0 Å². The molecule has 1 N–H and O–H groups in total. The van der Waals surface area contributed by atoms with E-state index in [1.54, 1.807) is 11.3 Å². The van der Waals surface area contributed by atoms with E-state index in [1.807, 2.05) is 61.5 Å². The fourth-order valence-corrected chi connectivity index (χ4v) is 3.75. The number of carbonyl (C=O) groups is 2. The molecular weight excluding hydrogens is 360 g/mol. The van der Waals surface area contributed by atoms with E-state index in [0.717, 1.165) is 27.2 Å².